The summed E-state index contributed by atoms with van der Waals surface area (Å²) < 4.78 is 30.1. The zero-order valence-corrected chi connectivity index (χ0v) is 9.04. The van der Waals surface area contributed by atoms with Gasteiger partial charge in [-0.2, -0.15) is 5.10 Å². The van der Waals surface area contributed by atoms with Crippen LogP contribution in [0.3, 0.4) is 0 Å². The van der Waals surface area contributed by atoms with Crippen molar-refractivity contribution in [3.05, 3.63) is 11.8 Å². The Labute approximate surface area is 91.4 Å². The Morgan fingerprint density at radius 1 is 1.69 bits per heavy atom. The summed E-state index contributed by atoms with van der Waals surface area (Å²) in [6.07, 6.45) is -2.53. The van der Waals surface area contributed by atoms with Gasteiger partial charge in [-0.1, -0.05) is 0 Å². The SMILES string of the molecule is CCOC(=O)c1cc(NC)n(CC(F)F)n1. The first-order chi connectivity index (χ1) is 7.58. The number of carbonyl (C=O) groups is 1. The fourth-order valence-electron chi connectivity index (χ4n) is 1.19. The lowest BCUT2D eigenvalue weighted by molar-refractivity contribution is 0.0516. The number of halogens is 2. The van der Waals surface area contributed by atoms with Crippen molar-refractivity contribution in [2.75, 3.05) is 19.0 Å². The van der Waals surface area contributed by atoms with Crippen LogP contribution in [0.15, 0.2) is 6.07 Å². The summed E-state index contributed by atoms with van der Waals surface area (Å²) in [4.78, 5) is 11.3. The van der Waals surface area contributed by atoms with Crippen molar-refractivity contribution < 1.29 is 18.3 Å². The highest BCUT2D eigenvalue weighted by molar-refractivity contribution is 5.88. The van der Waals surface area contributed by atoms with Crippen molar-refractivity contribution in [3.63, 3.8) is 0 Å². The van der Waals surface area contributed by atoms with Crippen LogP contribution < -0.4 is 5.32 Å². The van der Waals surface area contributed by atoms with Gasteiger partial charge < -0.3 is 10.1 Å². The van der Waals surface area contributed by atoms with E-state index < -0.39 is 18.9 Å². The molecule has 90 valence electrons. The molecule has 1 N–H and O–H groups in total. The molecule has 0 saturated carbocycles. The number of ether oxygens (including phenoxy) is 1. The molecule has 0 atom stereocenters. The second kappa shape index (κ2) is 5.43. The zero-order valence-electron chi connectivity index (χ0n) is 9.04. The van der Waals surface area contributed by atoms with Crippen molar-refractivity contribution in [2.24, 2.45) is 0 Å². The minimum atomic E-state index is -2.53. The van der Waals surface area contributed by atoms with Gasteiger partial charge in [-0.25, -0.2) is 18.3 Å². The number of carbonyl (C=O) groups excluding carboxylic acids is 1. The third-order valence-corrected chi connectivity index (χ3v) is 1.83. The first-order valence-electron chi connectivity index (χ1n) is 4.79. The Kier molecular flexibility index (Phi) is 4.21. The summed E-state index contributed by atoms with van der Waals surface area (Å²) in [5, 5.41) is 6.42. The molecule has 0 aliphatic rings. The van der Waals surface area contributed by atoms with E-state index in [2.05, 4.69) is 10.4 Å². The Hall–Kier alpha value is -1.66. The molecule has 0 bridgehead atoms. The second-order valence-electron chi connectivity index (χ2n) is 2.96. The van der Waals surface area contributed by atoms with Crippen LogP contribution in [-0.2, 0) is 11.3 Å². The van der Waals surface area contributed by atoms with E-state index >= 15 is 0 Å². The van der Waals surface area contributed by atoms with Crippen molar-refractivity contribution >= 4 is 11.8 Å². The molecule has 0 aromatic carbocycles. The van der Waals surface area contributed by atoms with Crippen LogP contribution in [0.5, 0.6) is 0 Å². The number of aromatic nitrogens is 2. The van der Waals surface area contributed by atoms with Gasteiger partial charge in [0, 0.05) is 13.1 Å². The van der Waals surface area contributed by atoms with Gasteiger partial charge in [-0.05, 0) is 6.92 Å². The third kappa shape index (κ3) is 2.91. The summed E-state index contributed by atoms with van der Waals surface area (Å²) >= 11 is 0. The molecule has 0 fully saturated rings. The molecule has 0 aliphatic carbocycles. The number of nitrogens with one attached hydrogen (secondary N) is 1. The van der Waals surface area contributed by atoms with Crippen LogP contribution in [-0.4, -0.2) is 35.8 Å². The average molecular weight is 233 g/mol. The quantitative estimate of drug-likeness (QED) is 0.780. The van der Waals surface area contributed by atoms with Crippen LogP contribution >= 0.6 is 0 Å². The Balaban J connectivity index is 2.88. The molecule has 1 rings (SSSR count). The summed E-state index contributed by atoms with van der Waals surface area (Å²) in [7, 11) is 1.56. The molecular formula is C9H13F2N3O2. The van der Waals surface area contributed by atoms with Gasteiger partial charge in [0.1, 0.15) is 12.4 Å². The maximum Gasteiger partial charge on any atom is 0.358 e. The molecule has 0 radical (unpaired) electrons. The van der Waals surface area contributed by atoms with E-state index in [1.165, 1.54) is 6.07 Å². The standard InChI is InChI=1S/C9H13F2N3O2/c1-3-16-9(15)6-4-8(12-2)14(13-6)5-7(10)11/h4,7,12H,3,5H2,1-2H3. The lowest BCUT2D eigenvalue weighted by atomic mass is 10.4. The first-order valence-corrected chi connectivity index (χ1v) is 4.79. The van der Waals surface area contributed by atoms with Gasteiger partial charge in [-0.3, -0.25) is 0 Å². The smallest absolute Gasteiger partial charge is 0.358 e. The predicted octanol–water partition coefficient (Wildman–Crippen LogP) is 1.37. The molecule has 1 aromatic rings. The minimum absolute atomic E-state index is 0.0202. The van der Waals surface area contributed by atoms with Crippen molar-refractivity contribution in [1.82, 2.24) is 9.78 Å². The van der Waals surface area contributed by atoms with Crippen LogP contribution in [0, 0.1) is 0 Å². The molecule has 0 spiro atoms. The molecule has 5 nitrogen and oxygen atoms in total. The van der Waals surface area contributed by atoms with Crippen molar-refractivity contribution in [2.45, 2.75) is 19.9 Å². The monoisotopic (exact) mass is 233 g/mol. The maximum absolute atomic E-state index is 12.2. The fourth-order valence-corrected chi connectivity index (χ4v) is 1.19. The lowest BCUT2D eigenvalue weighted by Crippen LogP contribution is -2.12. The molecule has 0 saturated heterocycles. The normalized spacial score (nSPS) is 10.6. The zero-order chi connectivity index (χ0) is 12.1. The fraction of sp³-hybridized carbons (Fsp3) is 0.556. The Morgan fingerprint density at radius 2 is 2.38 bits per heavy atom. The van der Waals surface area contributed by atoms with Crippen LogP contribution in [0.4, 0.5) is 14.6 Å². The van der Waals surface area contributed by atoms with Gasteiger partial charge in [-0.15, -0.1) is 0 Å². The third-order valence-electron chi connectivity index (χ3n) is 1.83. The summed E-state index contributed by atoms with van der Waals surface area (Å²) in [6, 6.07) is 1.38. The second-order valence-corrected chi connectivity index (χ2v) is 2.96. The first kappa shape index (κ1) is 12.4. The predicted molar refractivity (Wildman–Crippen MR) is 53.7 cm³/mol. The summed E-state index contributed by atoms with van der Waals surface area (Å²) in [5.41, 5.74) is 0.0202. The number of alkyl halides is 2. The molecule has 1 heterocycles. The topological polar surface area (TPSA) is 56.1 Å². The molecule has 0 unspecified atom stereocenters. The highest BCUT2D eigenvalue weighted by Crippen LogP contribution is 2.12. The van der Waals surface area contributed by atoms with Crippen molar-refractivity contribution in [3.8, 4) is 0 Å². The maximum atomic E-state index is 12.2. The van der Waals surface area contributed by atoms with Gasteiger partial charge in [0.15, 0.2) is 5.69 Å². The van der Waals surface area contributed by atoms with Gasteiger partial charge >= 0.3 is 5.97 Å². The molecule has 7 heteroatoms. The van der Waals surface area contributed by atoms with E-state index in [0.29, 0.717) is 5.82 Å². The molecule has 0 amide bonds. The van der Waals surface area contributed by atoms with E-state index in [4.69, 9.17) is 4.74 Å². The van der Waals surface area contributed by atoms with Gasteiger partial charge in [0.05, 0.1) is 6.61 Å². The van der Waals surface area contributed by atoms with E-state index in [-0.39, 0.29) is 12.3 Å². The van der Waals surface area contributed by atoms with Crippen LogP contribution in [0.1, 0.15) is 17.4 Å². The van der Waals surface area contributed by atoms with Crippen molar-refractivity contribution in [1.29, 1.82) is 0 Å². The Bertz CT molecular complexity index is 366. The van der Waals surface area contributed by atoms with Crippen LogP contribution in [0.2, 0.25) is 0 Å². The number of nitrogens with zero attached hydrogens (tertiary/aromatic N) is 2. The number of hydrogen-bond donors (Lipinski definition) is 1. The minimum Gasteiger partial charge on any atom is -0.461 e. The van der Waals surface area contributed by atoms with E-state index in [0.717, 1.165) is 4.68 Å². The van der Waals surface area contributed by atoms with E-state index in [1.807, 2.05) is 0 Å². The highest BCUT2D eigenvalue weighted by atomic mass is 19.3. The van der Waals surface area contributed by atoms with Crippen LogP contribution in [0.25, 0.3) is 0 Å². The van der Waals surface area contributed by atoms with Gasteiger partial charge in [0.2, 0.25) is 0 Å². The molecular weight excluding hydrogens is 220 g/mol. The number of hydrogen-bond acceptors (Lipinski definition) is 4. The summed E-state index contributed by atoms with van der Waals surface area (Å²) in [5.74, 6) is -0.268. The molecule has 16 heavy (non-hydrogen) atoms. The average Bonchev–Trinajstić information content (AvgIpc) is 2.60. The molecule has 1 aromatic heterocycles. The largest absolute Gasteiger partial charge is 0.461 e. The number of anilines is 1. The van der Waals surface area contributed by atoms with Gasteiger partial charge in [0.25, 0.3) is 6.43 Å². The summed E-state index contributed by atoms with van der Waals surface area (Å²) in [6.45, 7) is 1.32. The number of rotatable bonds is 5. The van der Waals surface area contributed by atoms with E-state index in [1.54, 1.807) is 14.0 Å². The highest BCUT2D eigenvalue weighted by Gasteiger charge is 2.16. The Morgan fingerprint density at radius 3 is 2.88 bits per heavy atom. The lowest BCUT2D eigenvalue weighted by Gasteiger charge is -2.04. The van der Waals surface area contributed by atoms with E-state index in [9.17, 15) is 13.6 Å². The molecule has 0 aliphatic heterocycles. The number of esters is 1.